The molecule has 1 fully saturated rings. The molecule has 8 heteroatoms. The van der Waals surface area contributed by atoms with Gasteiger partial charge in [-0.3, -0.25) is 0 Å². The summed E-state index contributed by atoms with van der Waals surface area (Å²) in [5.41, 5.74) is -1.97. The first-order chi connectivity index (χ1) is 9.98. The summed E-state index contributed by atoms with van der Waals surface area (Å²) in [6.45, 7) is 9.04. The highest BCUT2D eigenvalue weighted by Gasteiger charge is 2.52. The van der Waals surface area contributed by atoms with E-state index < -0.39 is 35.9 Å². The van der Waals surface area contributed by atoms with E-state index in [-0.39, 0.29) is 12.1 Å². The van der Waals surface area contributed by atoms with E-state index in [9.17, 15) is 13.2 Å². The number of hydrogen-bond acceptors (Lipinski definition) is 4. The fourth-order valence-electron chi connectivity index (χ4n) is 2.03. The van der Waals surface area contributed by atoms with Crippen molar-refractivity contribution in [3.8, 4) is 5.88 Å². The Labute approximate surface area is 128 Å². The number of ether oxygens (including phenoxy) is 1. The minimum atomic E-state index is -4.56. The van der Waals surface area contributed by atoms with Gasteiger partial charge in [0.1, 0.15) is 5.56 Å². The molecule has 0 atom stereocenters. The van der Waals surface area contributed by atoms with Gasteiger partial charge in [-0.1, -0.05) is 0 Å². The second-order valence-electron chi connectivity index (χ2n) is 6.14. The monoisotopic (exact) mass is 317 g/mol. The summed E-state index contributed by atoms with van der Waals surface area (Å²) >= 11 is 0. The van der Waals surface area contributed by atoms with Crippen LogP contribution in [0.4, 0.5) is 13.2 Å². The second-order valence-corrected chi connectivity index (χ2v) is 6.14. The highest BCUT2D eigenvalue weighted by Crippen LogP contribution is 2.38. The van der Waals surface area contributed by atoms with Gasteiger partial charge < -0.3 is 14.0 Å². The fraction of sp³-hybridized carbons (Fsp3) is 0.643. The molecule has 1 aromatic rings. The molecule has 0 amide bonds. The predicted molar refractivity (Wildman–Crippen MR) is 76.1 cm³/mol. The Morgan fingerprint density at radius 2 is 1.73 bits per heavy atom. The minimum absolute atomic E-state index is 0.103. The number of hydrogen-bond donors (Lipinski definition) is 0. The average molecular weight is 317 g/mol. The molecule has 4 nitrogen and oxygen atoms in total. The molecule has 0 aliphatic carbocycles. The highest BCUT2D eigenvalue weighted by atomic mass is 19.4. The summed E-state index contributed by atoms with van der Waals surface area (Å²) in [5.74, 6) is -0.435. The van der Waals surface area contributed by atoms with Gasteiger partial charge in [0.15, 0.2) is 0 Å². The second kappa shape index (κ2) is 5.42. The average Bonchev–Trinajstić information content (AvgIpc) is 2.58. The molecule has 0 spiro atoms. The first kappa shape index (κ1) is 17.1. The number of alkyl halides is 3. The molecule has 0 radical (unpaired) electrons. The molecule has 2 heterocycles. The van der Waals surface area contributed by atoms with Crippen LogP contribution < -0.4 is 10.2 Å². The van der Waals surface area contributed by atoms with Crippen LogP contribution in [0.3, 0.4) is 0 Å². The molecule has 22 heavy (non-hydrogen) atoms. The lowest BCUT2D eigenvalue weighted by Crippen LogP contribution is -2.41. The zero-order valence-electron chi connectivity index (χ0n) is 13.2. The van der Waals surface area contributed by atoms with Gasteiger partial charge in [0.2, 0.25) is 5.88 Å². The van der Waals surface area contributed by atoms with Crippen LogP contribution in [0.1, 0.15) is 40.2 Å². The standard InChI is InChI=1S/C14H19BF3NO3/c1-6-20-11-10(14(16,17)18)7-9(8-19-11)15-21-12(2,3)13(4,5)22-15/h7-8H,6H2,1-5H3. The van der Waals surface area contributed by atoms with Crippen LogP contribution in [0.15, 0.2) is 12.3 Å². The lowest BCUT2D eigenvalue weighted by molar-refractivity contribution is -0.139. The molecule has 0 unspecified atom stereocenters. The largest absolute Gasteiger partial charge is 0.496 e. The van der Waals surface area contributed by atoms with Gasteiger partial charge in [0.05, 0.1) is 17.8 Å². The van der Waals surface area contributed by atoms with Gasteiger partial charge in [0, 0.05) is 11.7 Å². The SMILES string of the molecule is CCOc1ncc(B2OC(C)(C)C(C)(C)O2)cc1C(F)(F)F. The Bertz CT molecular complexity index is 545. The first-order valence-electron chi connectivity index (χ1n) is 7.03. The van der Waals surface area contributed by atoms with Crippen molar-refractivity contribution < 1.29 is 27.2 Å². The molecule has 1 aliphatic heterocycles. The van der Waals surface area contributed by atoms with Gasteiger partial charge in [-0.05, 0) is 40.7 Å². The van der Waals surface area contributed by atoms with Gasteiger partial charge in [-0.2, -0.15) is 13.2 Å². The maximum atomic E-state index is 13.1. The quantitative estimate of drug-likeness (QED) is 0.804. The minimum Gasteiger partial charge on any atom is -0.478 e. The lowest BCUT2D eigenvalue weighted by Gasteiger charge is -2.32. The maximum absolute atomic E-state index is 13.1. The molecule has 0 bridgehead atoms. The highest BCUT2D eigenvalue weighted by molar-refractivity contribution is 6.62. The number of pyridine rings is 1. The molecule has 0 aromatic carbocycles. The number of halogens is 3. The zero-order chi connectivity index (χ0) is 16.8. The lowest BCUT2D eigenvalue weighted by atomic mass is 9.79. The van der Waals surface area contributed by atoms with E-state index in [1.54, 1.807) is 6.92 Å². The van der Waals surface area contributed by atoms with E-state index in [1.807, 2.05) is 27.7 Å². The van der Waals surface area contributed by atoms with Crippen molar-refractivity contribution in [1.29, 1.82) is 0 Å². The normalized spacial score (nSPS) is 20.3. The van der Waals surface area contributed by atoms with Gasteiger partial charge in [-0.15, -0.1) is 0 Å². The summed E-state index contributed by atoms with van der Waals surface area (Å²) < 4.78 is 55.9. The van der Waals surface area contributed by atoms with Crippen LogP contribution in [0.5, 0.6) is 5.88 Å². The predicted octanol–water partition coefficient (Wildman–Crippen LogP) is 2.80. The summed E-state index contributed by atoms with van der Waals surface area (Å²) in [6.07, 6.45) is -3.26. The van der Waals surface area contributed by atoms with Crippen LogP contribution >= 0.6 is 0 Å². The molecule has 0 N–H and O–H groups in total. The molecule has 1 aliphatic rings. The third-order valence-electron chi connectivity index (χ3n) is 3.98. The van der Waals surface area contributed by atoms with Crippen molar-refractivity contribution in [1.82, 2.24) is 4.98 Å². The number of nitrogens with zero attached hydrogens (tertiary/aromatic N) is 1. The van der Waals surface area contributed by atoms with Crippen molar-refractivity contribution >= 4 is 12.6 Å². The Morgan fingerprint density at radius 1 is 1.18 bits per heavy atom. The summed E-state index contributed by atoms with van der Waals surface area (Å²) in [7, 11) is -0.894. The smallest absolute Gasteiger partial charge is 0.478 e. The Kier molecular flexibility index (Phi) is 4.21. The molecule has 0 saturated carbocycles. The Hall–Kier alpha value is -1.28. The molecule has 1 saturated heterocycles. The van der Waals surface area contributed by atoms with Crippen LogP contribution in [-0.4, -0.2) is 29.9 Å². The van der Waals surface area contributed by atoms with E-state index >= 15 is 0 Å². The van der Waals surface area contributed by atoms with Crippen LogP contribution in [0, 0.1) is 0 Å². The molecule has 122 valence electrons. The molecular formula is C14H19BF3NO3. The van der Waals surface area contributed by atoms with Crippen molar-refractivity contribution in [2.24, 2.45) is 0 Å². The van der Waals surface area contributed by atoms with Crippen molar-refractivity contribution in [2.75, 3.05) is 6.61 Å². The third kappa shape index (κ3) is 3.08. The maximum Gasteiger partial charge on any atom is 0.496 e. The van der Waals surface area contributed by atoms with E-state index in [2.05, 4.69) is 4.98 Å². The third-order valence-corrected chi connectivity index (χ3v) is 3.98. The topological polar surface area (TPSA) is 40.6 Å². The van der Waals surface area contributed by atoms with Crippen LogP contribution in [0.2, 0.25) is 0 Å². The van der Waals surface area contributed by atoms with E-state index in [1.165, 1.54) is 6.20 Å². The van der Waals surface area contributed by atoms with Crippen molar-refractivity contribution in [3.63, 3.8) is 0 Å². The van der Waals surface area contributed by atoms with Gasteiger partial charge in [-0.25, -0.2) is 4.98 Å². The summed E-state index contributed by atoms with van der Waals surface area (Å²) in [6, 6.07) is 0.972. The molecule has 1 aromatic heterocycles. The molecule has 2 rings (SSSR count). The summed E-state index contributed by atoms with van der Waals surface area (Å²) in [4.78, 5) is 3.77. The molecular weight excluding hydrogens is 298 g/mol. The van der Waals surface area contributed by atoms with Crippen LogP contribution in [-0.2, 0) is 15.5 Å². The fourth-order valence-corrected chi connectivity index (χ4v) is 2.03. The van der Waals surface area contributed by atoms with Gasteiger partial charge >= 0.3 is 13.3 Å². The van der Waals surface area contributed by atoms with Crippen LogP contribution in [0.25, 0.3) is 0 Å². The Morgan fingerprint density at radius 3 is 2.18 bits per heavy atom. The zero-order valence-corrected chi connectivity index (χ0v) is 13.2. The van der Waals surface area contributed by atoms with E-state index in [0.29, 0.717) is 0 Å². The summed E-state index contributed by atoms with van der Waals surface area (Å²) in [5, 5.41) is 0. The number of rotatable bonds is 3. The number of aromatic nitrogens is 1. The van der Waals surface area contributed by atoms with Gasteiger partial charge in [0.25, 0.3) is 0 Å². The first-order valence-corrected chi connectivity index (χ1v) is 7.03. The van der Waals surface area contributed by atoms with Crippen molar-refractivity contribution in [2.45, 2.75) is 52.0 Å². The Balaban J connectivity index is 2.38. The van der Waals surface area contributed by atoms with E-state index in [0.717, 1.165) is 6.07 Å². The van der Waals surface area contributed by atoms with Crippen molar-refractivity contribution in [3.05, 3.63) is 17.8 Å². The van der Waals surface area contributed by atoms with E-state index in [4.69, 9.17) is 14.0 Å².